The van der Waals surface area contributed by atoms with Gasteiger partial charge in [0.05, 0.1) is 0 Å². The van der Waals surface area contributed by atoms with Crippen LogP contribution in [0.4, 0.5) is 13.2 Å². The van der Waals surface area contributed by atoms with Crippen molar-refractivity contribution in [1.29, 1.82) is 0 Å². The van der Waals surface area contributed by atoms with E-state index in [0.29, 0.717) is 12.2 Å². The van der Waals surface area contributed by atoms with Gasteiger partial charge in [-0.15, -0.1) is 0 Å². The summed E-state index contributed by atoms with van der Waals surface area (Å²) in [5.41, 5.74) is -0.966. The number of alkyl halides is 3. The molecule has 6 nitrogen and oxygen atoms in total. The number of para-hydroxylation sites is 1. The van der Waals surface area contributed by atoms with Crippen LogP contribution in [0.3, 0.4) is 0 Å². The van der Waals surface area contributed by atoms with E-state index in [1.165, 1.54) is 18.4 Å². The fraction of sp³-hybridized carbons (Fsp3) is 0.211. The summed E-state index contributed by atoms with van der Waals surface area (Å²) in [4.78, 5) is 20.1. The van der Waals surface area contributed by atoms with Crippen LogP contribution >= 0.6 is 0 Å². The molecular formula is C19H17AsF3N3O3. The number of benzene rings is 1. The second-order valence-corrected chi connectivity index (χ2v) is 7.09. The molecule has 152 valence electrons. The van der Waals surface area contributed by atoms with Crippen molar-refractivity contribution in [2.75, 3.05) is 13.7 Å². The van der Waals surface area contributed by atoms with Crippen molar-refractivity contribution in [3.63, 3.8) is 0 Å². The van der Waals surface area contributed by atoms with Gasteiger partial charge in [-0.25, -0.2) is 0 Å². The number of carbonyl (C=O) groups is 1. The standard InChI is InChI=1S/C19H17AsF3N3O3/c1-28-12-6-3-2-5-11(12)8-9-24-18(27)15-17(20)26-16(19(21,22)23)14(25-15)13-7-4-10-29-13/h2-7,10H,8-9,20H2,1H3,(H,24,27). The molecule has 1 aromatic carbocycles. The number of furan rings is 1. The van der Waals surface area contributed by atoms with E-state index in [2.05, 4.69) is 15.3 Å². The Morgan fingerprint density at radius 1 is 1.21 bits per heavy atom. The maximum atomic E-state index is 13.4. The Bertz CT molecular complexity index is 1010. The molecule has 0 radical (unpaired) electrons. The Hall–Kier alpha value is -2.80. The SMILES string of the molecule is COc1ccccc1CCNC(=O)c1nc(-c2ccco2)c(C(F)(F)F)nc1[AsH2]. The van der Waals surface area contributed by atoms with Crippen molar-refractivity contribution in [2.24, 2.45) is 0 Å². The zero-order chi connectivity index (χ0) is 21.0. The van der Waals surface area contributed by atoms with Gasteiger partial charge < -0.3 is 0 Å². The average Bonchev–Trinajstić information content (AvgIpc) is 3.22. The van der Waals surface area contributed by atoms with Gasteiger partial charge in [0.25, 0.3) is 0 Å². The molecule has 0 aliphatic rings. The average molecular weight is 467 g/mol. The molecule has 3 rings (SSSR count). The molecule has 3 aromatic rings. The molecule has 1 amide bonds. The number of rotatable bonds is 6. The number of ether oxygens (including phenoxy) is 1. The minimum absolute atomic E-state index is 0.0603. The zero-order valence-corrected chi connectivity index (χ0v) is 17.7. The van der Waals surface area contributed by atoms with Crippen LogP contribution in [0.25, 0.3) is 11.5 Å². The van der Waals surface area contributed by atoms with Gasteiger partial charge in [0.2, 0.25) is 0 Å². The van der Waals surface area contributed by atoms with Crippen molar-refractivity contribution in [2.45, 2.75) is 12.6 Å². The molecule has 2 heterocycles. The second-order valence-electron chi connectivity index (χ2n) is 5.95. The van der Waals surface area contributed by atoms with E-state index in [1.807, 2.05) is 18.2 Å². The molecule has 0 aliphatic carbocycles. The van der Waals surface area contributed by atoms with Gasteiger partial charge >= 0.3 is 173 Å². The summed E-state index contributed by atoms with van der Waals surface area (Å²) in [6.45, 7) is 0.254. The number of amides is 1. The molecule has 0 saturated heterocycles. The molecule has 0 aliphatic heterocycles. The van der Waals surface area contributed by atoms with Crippen LogP contribution < -0.4 is 14.5 Å². The Morgan fingerprint density at radius 3 is 2.62 bits per heavy atom. The summed E-state index contributed by atoms with van der Waals surface area (Å²) in [6.07, 6.45) is -3.01. The van der Waals surface area contributed by atoms with Crippen LogP contribution in [-0.2, 0) is 12.6 Å². The van der Waals surface area contributed by atoms with E-state index in [-0.39, 0.29) is 22.5 Å². The topological polar surface area (TPSA) is 77.2 Å². The summed E-state index contributed by atoms with van der Waals surface area (Å²) < 4.78 is 50.3. The summed E-state index contributed by atoms with van der Waals surface area (Å²) >= 11 is 0.774. The fourth-order valence-electron chi connectivity index (χ4n) is 2.70. The monoisotopic (exact) mass is 467 g/mol. The first kappa shape index (κ1) is 20.9. The normalized spacial score (nSPS) is 11.3. The van der Waals surface area contributed by atoms with E-state index >= 15 is 0 Å². The third-order valence-electron chi connectivity index (χ3n) is 4.03. The number of hydrogen-bond acceptors (Lipinski definition) is 5. The molecule has 2 aromatic heterocycles. The summed E-state index contributed by atoms with van der Waals surface area (Å²) in [6, 6.07) is 10.1. The van der Waals surface area contributed by atoms with Crippen LogP contribution in [0.2, 0.25) is 0 Å². The van der Waals surface area contributed by atoms with Crippen molar-refractivity contribution in [3.05, 3.63) is 59.6 Å². The Morgan fingerprint density at radius 2 is 1.97 bits per heavy atom. The van der Waals surface area contributed by atoms with E-state index in [0.717, 1.165) is 22.4 Å². The minimum atomic E-state index is -4.73. The van der Waals surface area contributed by atoms with Gasteiger partial charge in [-0.3, -0.25) is 0 Å². The first-order valence-corrected chi connectivity index (χ1v) is 9.71. The van der Waals surface area contributed by atoms with Gasteiger partial charge in [0.1, 0.15) is 0 Å². The molecule has 1 atom stereocenters. The predicted octanol–water partition coefficient (Wildman–Crippen LogP) is 1.99. The van der Waals surface area contributed by atoms with Gasteiger partial charge in [0.15, 0.2) is 0 Å². The van der Waals surface area contributed by atoms with Crippen molar-refractivity contribution >= 4 is 27.2 Å². The van der Waals surface area contributed by atoms with E-state index in [4.69, 9.17) is 9.15 Å². The first-order valence-electron chi connectivity index (χ1n) is 8.50. The number of hydrogen-bond donors (Lipinski definition) is 1. The molecule has 0 bridgehead atoms. The third-order valence-corrected chi connectivity index (χ3v) is 4.88. The van der Waals surface area contributed by atoms with Crippen LogP contribution in [0, 0.1) is 0 Å². The quantitative estimate of drug-likeness (QED) is 0.562. The molecule has 10 heteroatoms. The zero-order valence-electron chi connectivity index (χ0n) is 15.3. The number of nitrogens with zero attached hydrogens (tertiary/aromatic N) is 2. The first-order chi connectivity index (χ1) is 13.8. The number of carbonyl (C=O) groups excluding carboxylic acids is 1. The van der Waals surface area contributed by atoms with Gasteiger partial charge in [-0.05, 0) is 0 Å². The van der Waals surface area contributed by atoms with Crippen LogP contribution in [0.1, 0.15) is 21.7 Å². The molecule has 0 spiro atoms. The van der Waals surface area contributed by atoms with Crippen LogP contribution in [-0.4, -0.2) is 46.4 Å². The molecular weight excluding hydrogens is 450 g/mol. The van der Waals surface area contributed by atoms with Gasteiger partial charge in [0, 0.05) is 0 Å². The molecule has 1 N–H and O–H groups in total. The van der Waals surface area contributed by atoms with E-state index in [1.54, 1.807) is 13.2 Å². The van der Waals surface area contributed by atoms with Gasteiger partial charge in [-0.1, -0.05) is 0 Å². The van der Waals surface area contributed by atoms with Crippen LogP contribution in [0.15, 0.2) is 47.1 Å². The van der Waals surface area contributed by atoms with E-state index in [9.17, 15) is 18.0 Å². The number of halogens is 3. The van der Waals surface area contributed by atoms with Crippen LogP contribution in [0.5, 0.6) is 5.75 Å². The molecule has 0 fully saturated rings. The Balaban J connectivity index is 1.82. The molecule has 29 heavy (non-hydrogen) atoms. The van der Waals surface area contributed by atoms with Gasteiger partial charge in [-0.2, -0.15) is 0 Å². The third kappa shape index (κ3) is 4.79. The summed E-state index contributed by atoms with van der Waals surface area (Å²) in [5, 5.41) is 2.67. The summed E-state index contributed by atoms with van der Waals surface area (Å²) in [7, 11) is 1.55. The molecule has 0 saturated carbocycles. The second kappa shape index (κ2) is 8.69. The van der Waals surface area contributed by atoms with Crippen molar-refractivity contribution in [3.8, 4) is 17.2 Å². The van der Waals surface area contributed by atoms with Crippen molar-refractivity contribution in [1.82, 2.24) is 15.3 Å². The van der Waals surface area contributed by atoms with Crippen molar-refractivity contribution < 1.29 is 27.1 Å². The number of aromatic nitrogens is 2. The molecule has 1 unspecified atom stereocenters. The Kier molecular flexibility index (Phi) is 6.27. The Labute approximate surface area is 173 Å². The predicted molar refractivity (Wildman–Crippen MR) is 102 cm³/mol. The number of nitrogens with one attached hydrogen (secondary N) is 1. The summed E-state index contributed by atoms with van der Waals surface area (Å²) in [5.74, 6) is -0.0237. The fourth-order valence-corrected chi connectivity index (χ4v) is 3.38. The number of methoxy groups -OCH3 is 1. The maximum absolute atomic E-state index is 13.4. The van der Waals surface area contributed by atoms with E-state index < -0.39 is 23.5 Å².